The molecule has 0 atom stereocenters. The molecule has 0 N–H and O–H groups in total. The molecule has 0 spiro atoms. The Balaban J connectivity index is 1.76. The van der Waals surface area contributed by atoms with Crippen LogP contribution in [0.3, 0.4) is 0 Å². The molecule has 0 bridgehead atoms. The highest BCUT2D eigenvalue weighted by atomic mass is 35.5. The van der Waals surface area contributed by atoms with Crippen molar-refractivity contribution in [2.24, 2.45) is 0 Å². The minimum absolute atomic E-state index is 0.188. The fourth-order valence-electron chi connectivity index (χ4n) is 2.32. The molecule has 6 nitrogen and oxygen atoms in total. The number of halogens is 1. The number of esters is 1. The van der Waals surface area contributed by atoms with E-state index in [2.05, 4.69) is 4.74 Å². The van der Waals surface area contributed by atoms with Crippen molar-refractivity contribution in [3.8, 4) is 5.75 Å². The summed E-state index contributed by atoms with van der Waals surface area (Å²) < 4.78 is 9.77. The third-order valence-electron chi connectivity index (χ3n) is 3.65. The fourth-order valence-corrected chi connectivity index (χ4v) is 3.38. The van der Waals surface area contributed by atoms with Crippen molar-refractivity contribution >= 4 is 52.2 Å². The van der Waals surface area contributed by atoms with Crippen LogP contribution in [0, 0.1) is 0 Å². The van der Waals surface area contributed by atoms with Crippen LogP contribution in [0.25, 0.3) is 6.08 Å². The third kappa shape index (κ3) is 4.32. The number of hydrogen-bond acceptors (Lipinski definition) is 6. The molecule has 1 aliphatic rings. The van der Waals surface area contributed by atoms with E-state index < -0.39 is 17.1 Å². The second-order valence-corrected chi connectivity index (χ2v) is 6.80. The van der Waals surface area contributed by atoms with Crippen molar-refractivity contribution in [3.05, 3.63) is 64.0 Å². The SMILES string of the molecule is COC(=O)COc1ccc(/C=C2\SC(=O)N(c3ccccc3Cl)C2=O)cc1. The van der Waals surface area contributed by atoms with Crippen LogP contribution in [0.1, 0.15) is 5.56 Å². The molecule has 2 amide bonds. The number of thioether (sulfide) groups is 1. The number of methoxy groups -OCH3 is 1. The largest absolute Gasteiger partial charge is 0.482 e. The van der Waals surface area contributed by atoms with E-state index in [1.165, 1.54) is 7.11 Å². The predicted octanol–water partition coefficient (Wildman–Crippen LogP) is 4.13. The van der Waals surface area contributed by atoms with Crippen LogP contribution in [0.4, 0.5) is 10.5 Å². The molecule has 0 aromatic heterocycles. The summed E-state index contributed by atoms with van der Waals surface area (Å²) in [5.41, 5.74) is 1.07. The number of nitrogens with zero attached hydrogens (tertiary/aromatic N) is 1. The van der Waals surface area contributed by atoms with Gasteiger partial charge in [0.1, 0.15) is 5.75 Å². The number of anilines is 1. The first-order valence-electron chi connectivity index (χ1n) is 7.82. The normalized spacial score (nSPS) is 15.3. The summed E-state index contributed by atoms with van der Waals surface area (Å²) in [7, 11) is 1.28. The van der Waals surface area contributed by atoms with Gasteiger partial charge >= 0.3 is 5.97 Å². The van der Waals surface area contributed by atoms with E-state index in [1.807, 2.05) is 0 Å². The van der Waals surface area contributed by atoms with Gasteiger partial charge in [-0.2, -0.15) is 0 Å². The molecule has 1 saturated heterocycles. The maximum absolute atomic E-state index is 12.6. The van der Waals surface area contributed by atoms with Crippen LogP contribution in [0.2, 0.25) is 5.02 Å². The zero-order valence-electron chi connectivity index (χ0n) is 14.2. The fraction of sp³-hybridized carbons (Fsp3) is 0.105. The van der Waals surface area contributed by atoms with Crippen molar-refractivity contribution in [1.82, 2.24) is 0 Å². The lowest BCUT2D eigenvalue weighted by molar-refractivity contribution is -0.142. The Bertz CT molecular complexity index is 926. The highest BCUT2D eigenvalue weighted by Crippen LogP contribution is 2.38. The lowest BCUT2D eigenvalue weighted by atomic mass is 10.2. The van der Waals surface area contributed by atoms with E-state index in [-0.39, 0.29) is 6.61 Å². The minimum atomic E-state index is -0.479. The van der Waals surface area contributed by atoms with Crippen molar-refractivity contribution in [1.29, 1.82) is 0 Å². The van der Waals surface area contributed by atoms with Crippen LogP contribution in [-0.2, 0) is 14.3 Å². The van der Waals surface area contributed by atoms with Crippen LogP contribution in [-0.4, -0.2) is 30.8 Å². The molecule has 2 aromatic rings. The van der Waals surface area contributed by atoms with E-state index in [9.17, 15) is 14.4 Å². The van der Waals surface area contributed by atoms with Gasteiger partial charge in [-0.25, -0.2) is 9.69 Å². The van der Waals surface area contributed by atoms with E-state index in [4.69, 9.17) is 16.3 Å². The van der Waals surface area contributed by atoms with Crippen LogP contribution < -0.4 is 9.64 Å². The quantitative estimate of drug-likeness (QED) is 0.552. The summed E-state index contributed by atoms with van der Waals surface area (Å²) in [5.74, 6) is -0.418. The minimum Gasteiger partial charge on any atom is -0.482 e. The average Bonchev–Trinajstić information content (AvgIpc) is 2.94. The molecule has 3 rings (SSSR count). The van der Waals surface area contributed by atoms with Crippen molar-refractivity contribution < 1.29 is 23.9 Å². The molecule has 2 aromatic carbocycles. The molecule has 0 aliphatic carbocycles. The van der Waals surface area contributed by atoms with Gasteiger partial charge in [0.25, 0.3) is 11.1 Å². The van der Waals surface area contributed by atoms with Crippen molar-refractivity contribution in [2.75, 3.05) is 18.6 Å². The van der Waals surface area contributed by atoms with E-state index in [1.54, 1.807) is 54.6 Å². The molecule has 1 fully saturated rings. The zero-order valence-corrected chi connectivity index (χ0v) is 15.8. The molecule has 0 unspecified atom stereocenters. The van der Waals surface area contributed by atoms with Gasteiger partial charge in [0.2, 0.25) is 0 Å². The summed E-state index contributed by atoms with van der Waals surface area (Å²) in [5, 5.41) is -0.0782. The summed E-state index contributed by atoms with van der Waals surface area (Å²) >= 11 is 6.95. The first kappa shape index (κ1) is 19.0. The molecular weight excluding hydrogens is 390 g/mol. The lowest BCUT2D eigenvalue weighted by Crippen LogP contribution is -2.27. The van der Waals surface area contributed by atoms with Gasteiger partial charge in [-0.1, -0.05) is 35.9 Å². The molecule has 27 heavy (non-hydrogen) atoms. The van der Waals surface area contributed by atoms with Crippen LogP contribution in [0.5, 0.6) is 5.75 Å². The number of rotatable bonds is 5. The van der Waals surface area contributed by atoms with Crippen molar-refractivity contribution in [2.45, 2.75) is 0 Å². The van der Waals surface area contributed by atoms with Crippen LogP contribution in [0.15, 0.2) is 53.4 Å². The second-order valence-electron chi connectivity index (χ2n) is 5.40. The number of amides is 2. The topological polar surface area (TPSA) is 72.9 Å². The smallest absolute Gasteiger partial charge is 0.343 e. The molecule has 0 saturated carbocycles. The Morgan fingerprint density at radius 2 is 1.85 bits per heavy atom. The number of para-hydroxylation sites is 1. The number of hydrogen-bond donors (Lipinski definition) is 0. The van der Waals surface area contributed by atoms with Crippen LogP contribution >= 0.6 is 23.4 Å². The Morgan fingerprint density at radius 3 is 2.52 bits per heavy atom. The first-order chi connectivity index (χ1) is 13.0. The maximum Gasteiger partial charge on any atom is 0.343 e. The lowest BCUT2D eigenvalue weighted by Gasteiger charge is -2.13. The molecule has 1 heterocycles. The summed E-state index contributed by atoms with van der Waals surface area (Å²) in [6.07, 6.45) is 1.62. The number of ether oxygens (including phenoxy) is 2. The number of carbonyl (C=O) groups is 3. The van der Waals surface area contributed by atoms with Gasteiger partial charge in [-0.15, -0.1) is 0 Å². The number of benzene rings is 2. The Kier molecular flexibility index (Phi) is 5.83. The second kappa shape index (κ2) is 8.28. The monoisotopic (exact) mass is 403 g/mol. The Labute approximate surface area is 164 Å². The van der Waals surface area contributed by atoms with Gasteiger partial charge in [0, 0.05) is 0 Å². The maximum atomic E-state index is 12.6. The molecule has 0 radical (unpaired) electrons. The average molecular weight is 404 g/mol. The highest BCUT2D eigenvalue weighted by Gasteiger charge is 2.37. The summed E-state index contributed by atoms with van der Waals surface area (Å²) in [6, 6.07) is 13.4. The van der Waals surface area contributed by atoms with Gasteiger partial charge in [-0.3, -0.25) is 9.59 Å². The first-order valence-corrected chi connectivity index (χ1v) is 9.01. The zero-order chi connectivity index (χ0) is 19.4. The number of carbonyl (C=O) groups excluding carboxylic acids is 3. The molecule has 1 aliphatic heterocycles. The Hall–Kier alpha value is -2.77. The standard InChI is InChI=1S/C19H14ClNO5S/c1-25-17(22)11-26-13-8-6-12(7-9-13)10-16-18(23)21(19(24)27-16)15-5-3-2-4-14(15)20/h2-10H,11H2,1H3/b16-10-. The Morgan fingerprint density at radius 1 is 1.15 bits per heavy atom. The molecular formula is C19H14ClNO5S. The van der Waals surface area contributed by atoms with Gasteiger partial charge in [0.15, 0.2) is 6.61 Å². The third-order valence-corrected chi connectivity index (χ3v) is 4.84. The van der Waals surface area contributed by atoms with Gasteiger partial charge < -0.3 is 9.47 Å². The highest BCUT2D eigenvalue weighted by molar-refractivity contribution is 8.19. The summed E-state index contributed by atoms with van der Waals surface area (Å²) in [6.45, 7) is -0.188. The predicted molar refractivity (Wildman–Crippen MR) is 104 cm³/mol. The van der Waals surface area contributed by atoms with Gasteiger partial charge in [-0.05, 0) is 47.7 Å². The van der Waals surface area contributed by atoms with E-state index >= 15 is 0 Å². The molecule has 138 valence electrons. The molecule has 8 heteroatoms. The van der Waals surface area contributed by atoms with E-state index in [0.29, 0.717) is 26.9 Å². The van der Waals surface area contributed by atoms with Crippen molar-refractivity contribution in [3.63, 3.8) is 0 Å². The summed E-state index contributed by atoms with van der Waals surface area (Å²) in [4.78, 5) is 37.3. The van der Waals surface area contributed by atoms with E-state index in [0.717, 1.165) is 16.7 Å². The number of imide groups is 1. The van der Waals surface area contributed by atoms with Gasteiger partial charge in [0.05, 0.1) is 22.7 Å².